The first kappa shape index (κ1) is 14.9. The summed E-state index contributed by atoms with van der Waals surface area (Å²) in [5, 5.41) is 14.9. The van der Waals surface area contributed by atoms with Crippen LogP contribution in [0.3, 0.4) is 0 Å². The van der Waals surface area contributed by atoms with E-state index in [9.17, 15) is 4.79 Å². The van der Waals surface area contributed by atoms with E-state index in [0.717, 1.165) is 11.3 Å². The quantitative estimate of drug-likeness (QED) is 0.905. The van der Waals surface area contributed by atoms with Crippen LogP contribution in [-0.4, -0.2) is 13.0 Å². The highest BCUT2D eigenvalue weighted by Crippen LogP contribution is 2.25. The highest BCUT2D eigenvalue weighted by Gasteiger charge is 2.13. The highest BCUT2D eigenvalue weighted by molar-refractivity contribution is 6.34. The second-order valence-corrected chi connectivity index (χ2v) is 4.97. The van der Waals surface area contributed by atoms with Gasteiger partial charge in [0.25, 0.3) is 5.91 Å². The number of carbonyl (C=O) groups excluding carboxylic acids is 1. The van der Waals surface area contributed by atoms with Gasteiger partial charge in [0.05, 0.1) is 27.9 Å². The lowest BCUT2D eigenvalue weighted by molar-refractivity contribution is 0.102. The molecule has 0 heterocycles. The van der Waals surface area contributed by atoms with Crippen molar-refractivity contribution in [1.82, 2.24) is 0 Å². The molecule has 106 valence electrons. The first-order valence-corrected chi connectivity index (χ1v) is 6.72. The Labute approximate surface area is 128 Å². The van der Waals surface area contributed by atoms with Crippen molar-refractivity contribution >= 4 is 28.9 Å². The Morgan fingerprint density at radius 2 is 1.90 bits per heavy atom. The zero-order valence-corrected chi connectivity index (χ0v) is 12.5. The van der Waals surface area contributed by atoms with Crippen LogP contribution in [0.15, 0.2) is 36.4 Å². The number of benzene rings is 2. The molecule has 21 heavy (non-hydrogen) atoms. The van der Waals surface area contributed by atoms with E-state index in [2.05, 4.69) is 10.6 Å². The molecule has 0 saturated heterocycles. The van der Waals surface area contributed by atoms with Gasteiger partial charge in [-0.2, -0.15) is 5.26 Å². The number of nitriles is 1. The molecular formula is C16H14ClN3O. The third-order valence-corrected chi connectivity index (χ3v) is 3.35. The first-order chi connectivity index (χ1) is 10.0. The minimum absolute atomic E-state index is 0.255. The normalized spacial score (nSPS) is 9.81. The molecule has 0 saturated carbocycles. The van der Waals surface area contributed by atoms with Gasteiger partial charge in [-0.25, -0.2) is 0 Å². The Morgan fingerprint density at radius 1 is 1.19 bits per heavy atom. The Balaban J connectivity index is 2.30. The van der Waals surface area contributed by atoms with Gasteiger partial charge < -0.3 is 10.6 Å². The molecule has 2 rings (SSSR count). The third kappa shape index (κ3) is 3.33. The molecule has 2 aromatic rings. The van der Waals surface area contributed by atoms with Gasteiger partial charge in [0.1, 0.15) is 0 Å². The Kier molecular flexibility index (Phi) is 4.46. The topological polar surface area (TPSA) is 64.9 Å². The van der Waals surface area contributed by atoms with Gasteiger partial charge in [0.15, 0.2) is 0 Å². The number of rotatable bonds is 3. The largest absolute Gasteiger partial charge is 0.387 e. The average Bonchev–Trinajstić information content (AvgIpc) is 2.49. The van der Waals surface area contributed by atoms with Crippen molar-refractivity contribution in [2.45, 2.75) is 6.92 Å². The van der Waals surface area contributed by atoms with Crippen LogP contribution in [0, 0.1) is 18.3 Å². The summed E-state index contributed by atoms with van der Waals surface area (Å²) in [5.74, 6) is -0.255. The van der Waals surface area contributed by atoms with Crippen molar-refractivity contribution in [2.24, 2.45) is 0 Å². The maximum atomic E-state index is 12.4. The van der Waals surface area contributed by atoms with E-state index < -0.39 is 0 Å². The molecule has 5 heteroatoms. The lowest BCUT2D eigenvalue weighted by Crippen LogP contribution is -2.14. The number of carbonyl (C=O) groups is 1. The lowest BCUT2D eigenvalue weighted by atomic mass is 10.1. The van der Waals surface area contributed by atoms with Crippen molar-refractivity contribution < 1.29 is 4.79 Å². The summed E-state index contributed by atoms with van der Waals surface area (Å²) in [4.78, 5) is 12.4. The molecule has 0 aliphatic carbocycles. The van der Waals surface area contributed by atoms with Crippen molar-refractivity contribution in [1.29, 1.82) is 5.26 Å². The van der Waals surface area contributed by atoms with E-state index in [1.54, 1.807) is 25.2 Å². The monoisotopic (exact) mass is 299 g/mol. The van der Waals surface area contributed by atoms with Crippen LogP contribution in [0.25, 0.3) is 0 Å². The number of anilines is 2. The molecule has 0 radical (unpaired) electrons. The Hall–Kier alpha value is -2.51. The van der Waals surface area contributed by atoms with E-state index in [0.29, 0.717) is 21.8 Å². The van der Waals surface area contributed by atoms with Crippen LogP contribution in [0.1, 0.15) is 21.5 Å². The fourth-order valence-corrected chi connectivity index (χ4v) is 2.17. The molecule has 0 aliphatic heterocycles. The van der Waals surface area contributed by atoms with Gasteiger partial charge in [0, 0.05) is 12.7 Å². The van der Waals surface area contributed by atoms with Gasteiger partial charge >= 0.3 is 0 Å². The molecule has 2 N–H and O–H groups in total. The van der Waals surface area contributed by atoms with Crippen LogP contribution < -0.4 is 10.6 Å². The molecular weight excluding hydrogens is 286 g/mol. The number of halogens is 1. The number of hydrogen-bond donors (Lipinski definition) is 2. The van der Waals surface area contributed by atoms with E-state index in [1.807, 2.05) is 25.1 Å². The predicted octanol–water partition coefficient (Wildman–Crippen LogP) is 3.81. The molecule has 0 fully saturated rings. The first-order valence-electron chi connectivity index (χ1n) is 6.34. The summed E-state index contributed by atoms with van der Waals surface area (Å²) < 4.78 is 0. The van der Waals surface area contributed by atoms with Crippen LogP contribution in [0.4, 0.5) is 11.4 Å². The van der Waals surface area contributed by atoms with Crippen molar-refractivity contribution in [3.8, 4) is 6.07 Å². The van der Waals surface area contributed by atoms with E-state index in [1.165, 1.54) is 6.07 Å². The summed E-state index contributed by atoms with van der Waals surface area (Å²) in [6.45, 7) is 1.92. The number of nitrogens with one attached hydrogen (secondary N) is 2. The van der Waals surface area contributed by atoms with Gasteiger partial charge in [-0.1, -0.05) is 23.2 Å². The van der Waals surface area contributed by atoms with Crippen LogP contribution >= 0.6 is 11.6 Å². The molecule has 4 nitrogen and oxygen atoms in total. The van der Waals surface area contributed by atoms with Crippen molar-refractivity contribution in [2.75, 3.05) is 17.7 Å². The van der Waals surface area contributed by atoms with E-state index in [-0.39, 0.29) is 5.91 Å². The van der Waals surface area contributed by atoms with Crippen LogP contribution in [0.5, 0.6) is 0 Å². The maximum absolute atomic E-state index is 12.4. The van der Waals surface area contributed by atoms with Crippen molar-refractivity contribution in [3.63, 3.8) is 0 Å². The standard InChI is InChI=1S/C16H14ClN3O/c1-10-3-5-14(19-2)12(7-10)16(21)20-15-6-4-11(9-18)8-13(15)17/h3-8,19H,1-2H3,(H,20,21). The molecule has 0 unspecified atom stereocenters. The highest BCUT2D eigenvalue weighted by atomic mass is 35.5. The Morgan fingerprint density at radius 3 is 2.52 bits per heavy atom. The molecule has 0 bridgehead atoms. The van der Waals surface area contributed by atoms with Crippen LogP contribution in [-0.2, 0) is 0 Å². The number of hydrogen-bond acceptors (Lipinski definition) is 3. The second-order valence-electron chi connectivity index (χ2n) is 4.56. The number of nitrogens with zero attached hydrogens (tertiary/aromatic N) is 1. The molecule has 0 aromatic heterocycles. The minimum atomic E-state index is -0.255. The average molecular weight is 300 g/mol. The summed E-state index contributed by atoms with van der Waals surface area (Å²) in [7, 11) is 1.76. The SMILES string of the molecule is CNc1ccc(C)cc1C(=O)Nc1ccc(C#N)cc1Cl. The second kappa shape index (κ2) is 6.29. The maximum Gasteiger partial charge on any atom is 0.257 e. The summed E-state index contributed by atoms with van der Waals surface area (Å²) in [5.41, 5.74) is 3.19. The Bertz CT molecular complexity index is 735. The van der Waals surface area contributed by atoms with Gasteiger partial charge in [-0.15, -0.1) is 0 Å². The fourth-order valence-electron chi connectivity index (χ4n) is 1.94. The number of amides is 1. The summed E-state index contributed by atoms with van der Waals surface area (Å²) >= 11 is 6.06. The third-order valence-electron chi connectivity index (χ3n) is 3.04. The van der Waals surface area contributed by atoms with E-state index in [4.69, 9.17) is 16.9 Å². The van der Waals surface area contributed by atoms with Crippen molar-refractivity contribution in [3.05, 3.63) is 58.1 Å². The molecule has 2 aromatic carbocycles. The zero-order chi connectivity index (χ0) is 15.4. The van der Waals surface area contributed by atoms with Gasteiger partial charge in [-0.05, 0) is 37.3 Å². The van der Waals surface area contributed by atoms with Gasteiger partial charge in [-0.3, -0.25) is 4.79 Å². The summed E-state index contributed by atoms with van der Waals surface area (Å²) in [6, 6.07) is 12.3. The lowest BCUT2D eigenvalue weighted by Gasteiger charge is -2.12. The summed E-state index contributed by atoms with van der Waals surface area (Å²) in [6.07, 6.45) is 0. The zero-order valence-electron chi connectivity index (χ0n) is 11.7. The minimum Gasteiger partial charge on any atom is -0.387 e. The van der Waals surface area contributed by atoms with Crippen LogP contribution in [0.2, 0.25) is 5.02 Å². The molecule has 1 amide bonds. The van der Waals surface area contributed by atoms with Gasteiger partial charge in [0.2, 0.25) is 0 Å². The fraction of sp³-hybridized carbons (Fsp3) is 0.125. The smallest absolute Gasteiger partial charge is 0.257 e. The molecule has 0 spiro atoms. The van der Waals surface area contributed by atoms with E-state index >= 15 is 0 Å². The molecule has 0 atom stereocenters. The predicted molar refractivity (Wildman–Crippen MR) is 84.8 cm³/mol. The molecule has 0 aliphatic rings. The number of aryl methyl sites for hydroxylation is 1.